The number of benzene rings is 1. The molecule has 1 aromatic rings. The summed E-state index contributed by atoms with van der Waals surface area (Å²) in [7, 11) is 0. The quantitative estimate of drug-likeness (QED) is 0.847. The number of carbonyl (C=O) groups excluding carboxylic acids is 1. The Balaban J connectivity index is 2.77. The third-order valence-electron chi connectivity index (χ3n) is 2.67. The van der Waals surface area contributed by atoms with Crippen molar-refractivity contribution in [2.45, 2.75) is 32.7 Å². The van der Waals surface area contributed by atoms with Gasteiger partial charge in [0, 0.05) is 22.9 Å². The molecule has 1 aromatic carbocycles. The second kappa shape index (κ2) is 7.50. The number of amides is 1. The van der Waals surface area contributed by atoms with E-state index in [-0.39, 0.29) is 24.7 Å². The smallest absolute Gasteiger partial charge is 0.326 e. The van der Waals surface area contributed by atoms with Crippen LogP contribution in [0.2, 0.25) is 10.0 Å². The number of carboxylic acids is 1. The Hall–Kier alpha value is -1.26. The van der Waals surface area contributed by atoms with Gasteiger partial charge in [0.05, 0.1) is 0 Å². The number of carboxylic acid groups (broad SMARTS) is 1. The monoisotopic (exact) mass is 317 g/mol. The zero-order valence-corrected chi connectivity index (χ0v) is 12.8. The summed E-state index contributed by atoms with van der Waals surface area (Å²) >= 11 is 11.8. The van der Waals surface area contributed by atoms with Gasteiger partial charge in [-0.1, -0.05) is 43.1 Å². The first kappa shape index (κ1) is 16.8. The third-order valence-corrected chi connectivity index (χ3v) is 3.25. The van der Waals surface area contributed by atoms with Gasteiger partial charge in [0.25, 0.3) is 0 Å². The van der Waals surface area contributed by atoms with Crippen molar-refractivity contribution in [2.24, 2.45) is 5.92 Å². The van der Waals surface area contributed by atoms with Crippen LogP contribution in [0.3, 0.4) is 0 Å². The van der Waals surface area contributed by atoms with Crippen LogP contribution in [0.1, 0.15) is 25.8 Å². The van der Waals surface area contributed by atoms with Crippen LogP contribution in [0, 0.1) is 5.92 Å². The predicted octanol–water partition coefficient (Wildman–Crippen LogP) is 3.15. The summed E-state index contributed by atoms with van der Waals surface area (Å²) in [4.78, 5) is 22.9. The molecule has 1 amide bonds. The molecule has 0 fully saturated rings. The number of aliphatic carboxylic acids is 1. The molecule has 0 aliphatic heterocycles. The van der Waals surface area contributed by atoms with Crippen molar-refractivity contribution in [1.29, 1.82) is 0 Å². The lowest BCUT2D eigenvalue weighted by Crippen LogP contribution is -2.42. The van der Waals surface area contributed by atoms with Crippen molar-refractivity contribution in [3.05, 3.63) is 33.8 Å². The number of rotatable bonds is 6. The van der Waals surface area contributed by atoms with Crippen LogP contribution < -0.4 is 5.32 Å². The molecule has 0 saturated heterocycles. The molecule has 0 bridgehead atoms. The van der Waals surface area contributed by atoms with E-state index >= 15 is 0 Å². The van der Waals surface area contributed by atoms with Crippen molar-refractivity contribution in [2.75, 3.05) is 0 Å². The molecule has 0 aliphatic carbocycles. The van der Waals surface area contributed by atoms with Gasteiger partial charge in [-0.05, 0) is 23.6 Å². The molecule has 0 heterocycles. The SMILES string of the molecule is CC(C)CC(=O)N[C@H](Cc1ccc(Cl)cc1Cl)C(=O)O. The first-order valence-corrected chi connectivity index (χ1v) is 7.01. The summed E-state index contributed by atoms with van der Waals surface area (Å²) in [6.07, 6.45) is 0.410. The molecule has 6 heteroatoms. The number of hydrogen-bond donors (Lipinski definition) is 2. The summed E-state index contributed by atoms with van der Waals surface area (Å²) in [6.45, 7) is 3.79. The number of nitrogens with one attached hydrogen (secondary N) is 1. The van der Waals surface area contributed by atoms with E-state index in [2.05, 4.69) is 5.32 Å². The Morgan fingerprint density at radius 1 is 1.30 bits per heavy atom. The first-order valence-electron chi connectivity index (χ1n) is 6.25. The van der Waals surface area contributed by atoms with E-state index < -0.39 is 12.0 Å². The van der Waals surface area contributed by atoms with Gasteiger partial charge in [0.1, 0.15) is 6.04 Å². The molecule has 0 aliphatic rings. The second-order valence-corrected chi connectivity index (χ2v) is 5.84. The number of halogens is 2. The van der Waals surface area contributed by atoms with Gasteiger partial charge in [-0.15, -0.1) is 0 Å². The summed E-state index contributed by atoms with van der Waals surface area (Å²) in [5.41, 5.74) is 0.633. The fourth-order valence-corrected chi connectivity index (χ4v) is 2.22. The lowest BCUT2D eigenvalue weighted by molar-refractivity contribution is -0.141. The van der Waals surface area contributed by atoms with Gasteiger partial charge in [0.15, 0.2) is 0 Å². The standard InChI is InChI=1S/C14H17Cl2NO3/c1-8(2)5-13(18)17-12(14(19)20)6-9-3-4-10(15)7-11(9)16/h3-4,7-8,12H,5-6H2,1-2H3,(H,17,18)(H,19,20)/t12-/m1/s1. The molecule has 0 aromatic heterocycles. The van der Waals surface area contributed by atoms with Crippen LogP contribution in [0.15, 0.2) is 18.2 Å². The van der Waals surface area contributed by atoms with Crippen LogP contribution in [-0.4, -0.2) is 23.0 Å². The van der Waals surface area contributed by atoms with Gasteiger partial charge >= 0.3 is 5.97 Å². The van der Waals surface area contributed by atoms with Crippen molar-refractivity contribution < 1.29 is 14.7 Å². The van der Waals surface area contributed by atoms with Crippen molar-refractivity contribution in [1.82, 2.24) is 5.32 Å². The maximum Gasteiger partial charge on any atom is 0.326 e. The molecule has 0 unspecified atom stereocenters. The highest BCUT2D eigenvalue weighted by molar-refractivity contribution is 6.35. The summed E-state index contributed by atoms with van der Waals surface area (Å²) < 4.78 is 0. The van der Waals surface area contributed by atoms with Crippen LogP contribution >= 0.6 is 23.2 Å². The van der Waals surface area contributed by atoms with Gasteiger partial charge in [-0.25, -0.2) is 4.79 Å². The molecule has 0 saturated carbocycles. The van der Waals surface area contributed by atoms with E-state index in [4.69, 9.17) is 23.2 Å². The van der Waals surface area contributed by atoms with Gasteiger partial charge in [-0.3, -0.25) is 4.79 Å². The van der Waals surface area contributed by atoms with E-state index in [0.29, 0.717) is 15.6 Å². The maximum atomic E-state index is 11.7. The van der Waals surface area contributed by atoms with E-state index in [1.54, 1.807) is 18.2 Å². The predicted molar refractivity (Wildman–Crippen MR) is 79.2 cm³/mol. The van der Waals surface area contributed by atoms with Crippen LogP contribution in [0.4, 0.5) is 0 Å². The van der Waals surface area contributed by atoms with Crippen molar-refractivity contribution in [3.63, 3.8) is 0 Å². The number of hydrogen-bond acceptors (Lipinski definition) is 2. The second-order valence-electron chi connectivity index (χ2n) is 5.00. The van der Waals surface area contributed by atoms with Crippen LogP contribution in [0.25, 0.3) is 0 Å². The molecule has 1 atom stereocenters. The molecule has 20 heavy (non-hydrogen) atoms. The fourth-order valence-electron chi connectivity index (χ4n) is 1.73. The van der Waals surface area contributed by atoms with Gasteiger partial charge in [-0.2, -0.15) is 0 Å². The summed E-state index contributed by atoms with van der Waals surface area (Å²) in [6, 6.07) is 3.85. The Kier molecular flexibility index (Phi) is 6.30. The Morgan fingerprint density at radius 2 is 1.95 bits per heavy atom. The minimum Gasteiger partial charge on any atom is -0.480 e. The van der Waals surface area contributed by atoms with Crippen LogP contribution in [-0.2, 0) is 16.0 Å². The molecule has 2 N–H and O–H groups in total. The topological polar surface area (TPSA) is 66.4 Å². The average Bonchev–Trinajstić information content (AvgIpc) is 2.30. The largest absolute Gasteiger partial charge is 0.480 e. The molecule has 4 nitrogen and oxygen atoms in total. The third kappa shape index (κ3) is 5.39. The van der Waals surface area contributed by atoms with E-state index in [0.717, 1.165) is 0 Å². The Labute approximate surface area is 128 Å². The maximum absolute atomic E-state index is 11.7. The van der Waals surface area contributed by atoms with E-state index in [9.17, 15) is 14.7 Å². The average molecular weight is 318 g/mol. The highest BCUT2D eigenvalue weighted by Gasteiger charge is 2.21. The molecule has 0 radical (unpaired) electrons. The van der Waals surface area contributed by atoms with E-state index in [1.165, 1.54) is 0 Å². The summed E-state index contributed by atoms with van der Waals surface area (Å²) in [5.74, 6) is -1.20. The lowest BCUT2D eigenvalue weighted by atomic mass is 10.0. The first-order chi connectivity index (χ1) is 9.29. The molecular weight excluding hydrogens is 301 g/mol. The zero-order valence-electron chi connectivity index (χ0n) is 11.3. The van der Waals surface area contributed by atoms with Crippen molar-refractivity contribution >= 4 is 35.1 Å². The normalized spacial score (nSPS) is 12.2. The molecule has 0 spiro atoms. The molecule has 110 valence electrons. The van der Waals surface area contributed by atoms with Gasteiger partial charge < -0.3 is 10.4 Å². The van der Waals surface area contributed by atoms with Gasteiger partial charge in [0.2, 0.25) is 5.91 Å². The zero-order chi connectivity index (χ0) is 15.3. The Bertz CT molecular complexity index is 503. The minimum absolute atomic E-state index is 0.120. The van der Waals surface area contributed by atoms with Crippen LogP contribution in [0.5, 0.6) is 0 Å². The molecule has 1 rings (SSSR count). The number of carbonyl (C=O) groups is 2. The highest BCUT2D eigenvalue weighted by atomic mass is 35.5. The highest BCUT2D eigenvalue weighted by Crippen LogP contribution is 2.22. The molecular formula is C14H17Cl2NO3. The summed E-state index contributed by atoms with van der Waals surface area (Å²) in [5, 5.41) is 12.6. The van der Waals surface area contributed by atoms with E-state index in [1.807, 2.05) is 13.8 Å². The Morgan fingerprint density at radius 3 is 2.45 bits per heavy atom. The lowest BCUT2D eigenvalue weighted by Gasteiger charge is -2.16. The minimum atomic E-state index is -1.09. The van der Waals surface area contributed by atoms with Crippen molar-refractivity contribution in [3.8, 4) is 0 Å². The fraction of sp³-hybridized carbons (Fsp3) is 0.429.